The van der Waals surface area contributed by atoms with Crippen molar-refractivity contribution in [2.45, 2.75) is 19.9 Å². The number of carbonyl (C=O) groups is 2. The van der Waals surface area contributed by atoms with Crippen molar-refractivity contribution in [1.29, 1.82) is 0 Å². The Balaban J connectivity index is 1.62. The molecule has 30 heavy (non-hydrogen) atoms. The maximum Gasteiger partial charge on any atom is 0.319 e. The molecule has 0 heterocycles. The maximum atomic E-state index is 13.7. The second-order valence-electron chi connectivity index (χ2n) is 6.84. The Kier molecular flexibility index (Phi) is 6.41. The molecule has 3 aromatic rings. The fraction of sp³-hybridized carbons (Fsp3) is 0.130. The van der Waals surface area contributed by atoms with E-state index in [4.69, 9.17) is 0 Å². The number of urea groups is 1. The highest BCUT2D eigenvalue weighted by Gasteiger charge is 2.13. The third-order valence-electron chi connectivity index (χ3n) is 4.57. The number of anilines is 2. The quantitative estimate of drug-likeness (QED) is 0.527. The van der Waals surface area contributed by atoms with Gasteiger partial charge in [-0.2, -0.15) is 0 Å². The number of hydrogen-bond acceptors (Lipinski definition) is 2. The highest BCUT2D eigenvalue weighted by Crippen LogP contribution is 2.21. The molecule has 7 heteroatoms. The van der Waals surface area contributed by atoms with Crippen molar-refractivity contribution in [3.05, 3.63) is 95.1 Å². The lowest BCUT2D eigenvalue weighted by molar-refractivity contribution is 0.102. The average molecular weight is 409 g/mol. The third kappa shape index (κ3) is 5.20. The highest BCUT2D eigenvalue weighted by atomic mass is 19.1. The molecule has 0 spiro atoms. The zero-order chi connectivity index (χ0) is 21.7. The van der Waals surface area contributed by atoms with Gasteiger partial charge in [-0.3, -0.25) is 4.79 Å². The van der Waals surface area contributed by atoms with Crippen LogP contribution in [0, 0.1) is 18.6 Å². The monoisotopic (exact) mass is 409 g/mol. The van der Waals surface area contributed by atoms with Crippen LogP contribution in [0.4, 0.5) is 25.0 Å². The molecule has 3 amide bonds. The fourth-order valence-corrected chi connectivity index (χ4v) is 2.92. The summed E-state index contributed by atoms with van der Waals surface area (Å²) < 4.78 is 26.8. The predicted octanol–water partition coefficient (Wildman–Crippen LogP) is 5.41. The van der Waals surface area contributed by atoms with Crippen molar-refractivity contribution in [2.24, 2.45) is 0 Å². The van der Waals surface area contributed by atoms with Gasteiger partial charge in [0.2, 0.25) is 0 Å². The Bertz CT molecular complexity index is 1070. The molecular formula is C23H21F2N3O2. The Morgan fingerprint density at radius 3 is 2.27 bits per heavy atom. The van der Waals surface area contributed by atoms with Crippen LogP contribution >= 0.6 is 0 Å². The largest absolute Gasteiger partial charge is 0.331 e. The van der Waals surface area contributed by atoms with Gasteiger partial charge in [0.15, 0.2) is 0 Å². The molecule has 0 aliphatic heterocycles. The molecule has 3 N–H and O–H groups in total. The number of carbonyl (C=O) groups excluding carboxylic acids is 2. The Hall–Kier alpha value is -3.74. The first-order chi connectivity index (χ1) is 14.3. The van der Waals surface area contributed by atoms with Crippen molar-refractivity contribution in [1.82, 2.24) is 5.32 Å². The third-order valence-corrected chi connectivity index (χ3v) is 4.57. The lowest BCUT2D eigenvalue weighted by Crippen LogP contribution is -2.31. The maximum absolute atomic E-state index is 13.7. The summed E-state index contributed by atoms with van der Waals surface area (Å²) in [5, 5.41) is 8.17. The zero-order valence-corrected chi connectivity index (χ0v) is 16.5. The van der Waals surface area contributed by atoms with Gasteiger partial charge in [0.1, 0.15) is 11.6 Å². The predicted molar refractivity (Wildman–Crippen MR) is 113 cm³/mol. The van der Waals surface area contributed by atoms with Gasteiger partial charge >= 0.3 is 6.03 Å². The summed E-state index contributed by atoms with van der Waals surface area (Å²) in [6.07, 6.45) is 0. The number of halogens is 2. The van der Waals surface area contributed by atoms with Crippen LogP contribution < -0.4 is 16.0 Å². The normalized spacial score (nSPS) is 11.5. The molecule has 3 rings (SSSR count). The first-order valence-electron chi connectivity index (χ1n) is 9.33. The van der Waals surface area contributed by atoms with E-state index < -0.39 is 17.8 Å². The van der Waals surface area contributed by atoms with Crippen molar-refractivity contribution in [2.75, 3.05) is 10.6 Å². The molecule has 0 aliphatic rings. The second kappa shape index (κ2) is 9.17. The highest BCUT2D eigenvalue weighted by molar-refractivity contribution is 6.04. The van der Waals surface area contributed by atoms with Crippen LogP contribution in [0.15, 0.2) is 66.7 Å². The lowest BCUT2D eigenvalue weighted by Gasteiger charge is -2.16. The minimum Gasteiger partial charge on any atom is -0.331 e. The van der Waals surface area contributed by atoms with Crippen LogP contribution in [-0.2, 0) is 0 Å². The molecule has 0 saturated heterocycles. The van der Waals surface area contributed by atoms with Crippen LogP contribution in [0.3, 0.4) is 0 Å². The van der Waals surface area contributed by atoms with Crippen molar-refractivity contribution in [3.8, 4) is 0 Å². The van der Waals surface area contributed by atoms with Gasteiger partial charge in [0, 0.05) is 11.4 Å². The molecule has 0 unspecified atom stereocenters. The van der Waals surface area contributed by atoms with Gasteiger partial charge in [-0.1, -0.05) is 24.3 Å². The number of amides is 3. The molecule has 0 radical (unpaired) electrons. The Morgan fingerprint density at radius 1 is 0.900 bits per heavy atom. The Morgan fingerprint density at radius 2 is 1.60 bits per heavy atom. The van der Waals surface area contributed by atoms with Crippen molar-refractivity contribution >= 4 is 23.3 Å². The van der Waals surface area contributed by atoms with E-state index >= 15 is 0 Å². The molecule has 3 aromatic carbocycles. The number of hydrogen-bond donors (Lipinski definition) is 3. The van der Waals surface area contributed by atoms with E-state index in [1.54, 1.807) is 50.2 Å². The SMILES string of the molecule is Cc1cc(NC(=O)c2ccccc2F)ccc1NC(=O)N[C@H](C)c1ccc(F)cc1. The van der Waals surface area contributed by atoms with E-state index in [0.29, 0.717) is 16.9 Å². The zero-order valence-electron chi connectivity index (χ0n) is 16.5. The van der Waals surface area contributed by atoms with Crippen molar-refractivity contribution in [3.63, 3.8) is 0 Å². The van der Waals surface area contributed by atoms with E-state index in [1.807, 2.05) is 0 Å². The van der Waals surface area contributed by atoms with Gasteiger partial charge in [-0.25, -0.2) is 13.6 Å². The first kappa shape index (κ1) is 21.0. The van der Waals surface area contributed by atoms with Gasteiger partial charge < -0.3 is 16.0 Å². The number of benzene rings is 3. The van der Waals surface area contributed by atoms with Gasteiger partial charge in [0.25, 0.3) is 5.91 Å². The van der Waals surface area contributed by atoms with E-state index in [0.717, 1.165) is 5.56 Å². The van der Waals surface area contributed by atoms with Gasteiger partial charge in [-0.15, -0.1) is 0 Å². The standard InChI is InChI=1S/C23H21F2N3O2/c1-14-13-18(27-22(29)19-5-3-4-6-20(19)25)11-12-21(14)28-23(30)26-15(2)16-7-9-17(24)10-8-16/h3-13,15H,1-2H3,(H,27,29)(H2,26,28,30)/t15-/m1/s1. The smallest absolute Gasteiger partial charge is 0.319 e. The molecule has 0 aromatic heterocycles. The van der Waals surface area contributed by atoms with Crippen LogP contribution in [0.25, 0.3) is 0 Å². The molecule has 1 atom stereocenters. The van der Waals surface area contributed by atoms with Crippen molar-refractivity contribution < 1.29 is 18.4 Å². The van der Waals surface area contributed by atoms with E-state index in [-0.39, 0.29) is 17.4 Å². The lowest BCUT2D eigenvalue weighted by atomic mass is 10.1. The van der Waals surface area contributed by atoms with Crippen LogP contribution in [0.2, 0.25) is 0 Å². The van der Waals surface area contributed by atoms with Crippen LogP contribution in [0.1, 0.15) is 34.5 Å². The van der Waals surface area contributed by atoms with Gasteiger partial charge in [0.05, 0.1) is 11.6 Å². The fourth-order valence-electron chi connectivity index (χ4n) is 2.92. The molecule has 5 nitrogen and oxygen atoms in total. The minimum absolute atomic E-state index is 0.0495. The Labute approximate surface area is 173 Å². The minimum atomic E-state index is -0.600. The molecule has 0 fully saturated rings. The molecule has 154 valence electrons. The van der Waals surface area contributed by atoms with E-state index in [2.05, 4.69) is 16.0 Å². The number of rotatable bonds is 5. The topological polar surface area (TPSA) is 70.2 Å². The molecule has 0 bridgehead atoms. The summed E-state index contributed by atoms with van der Waals surface area (Å²) in [5.74, 6) is -1.50. The van der Waals surface area contributed by atoms with Gasteiger partial charge in [-0.05, 0) is 67.4 Å². The summed E-state index contributed by atoms with van der Waals surface area (Å²) in [6, 6.07) is 15.8. The summed E-state index contributed by atoms with van der Waals surface area (Å²) in [7, 11) is 0. The second-order valence-corrected chi connectivity index (χ2v) is 6.84. The summed E-state index contributed by atoms with van der Waals surface area (Å²) in [5.41, 5.74) is 2.47. The molecule has 0 aliphatic carbocycles. The molecular weight excluding hydrogens is 388 g/mol. The average Bonchev–Trinajstić information content (AvgIpc) is 2.70. The van der Waals surface area contributed by atoms with E-state index in [9.17, 15) is 18.4 Å². The van der Waals surface area contributed by atoms with Crippen LogP contribution in [-0.4, -0.2) is 11.9 Å². The summed E-state index contributed by atoms with van der Waals surface area (Å²) in [6.45, 7) is 3.57. The van der Waals surface area contributed by atoms with Crippen LogP contribution in [0.5, 0.6) is 0 Å². The number of aryl methyl sites for hydroxylation is 1. The summed E-state index contributed by atoms with van der Waals surface area (Å²) >= 11 is 0. The van der Waals surface area contributed by atoms with E-state index in [1.165, 1.54) is 30.3 Å². The summed E-state index contributed by atoms with van der Waals surface area (Å²) in [4.78, 5) is 24.5. The number of nitrogens with one attached hydrogen (secondary N) is 3. The molecule has 0 saturated carbocycles. The first-order valence-corrected chi connectivity index (χ1v) is 9.33.